The van der Waals surface area contributed by atoms with E-state index in [-0.39, 0.29) is 17.1 Å². The van der Waals surface area contributed by atoms with Gasteiger partial charge in [0.25, 0.3) is 0 Å². The van der Waals surface area contributed by atoms with E-state index in [4.69, 9.17) is 4.98 Å². The average Bonchev–Trinajstić information content (AvgIpc) is 3.30. The Hall–Kier alpha value is -3.60. The number of imidazole rings is 1. The Morgan fingerprint density at radius 2 is 1.73 bits per heavy atom. The molecule has 1 saturated heterocycles. The Morgan fingerprint density at radius 3 is 2.35 bits per heavy atom. The molecule has 1 aliphatic rings. The van der Waals surface area contributed by atoms with Crippen LogP contribution in [0.1, 0.15) is 56.5 Å². The highest BCUT2D eigenvalue weighted by molar-refractivity contribution is 7.90. The second-order valence-electron chi connectivity index (χ2n) is 9.85. The molecule has 0 saturated carbocycles. The number of aromatic nitrogens is 6. The van der Waals surface area contributed by atoms with Crippen molar-refractivity contribution in [1.82, 2.24) is 29.3 Å². The maximum Gasteiger partial charge on any atom is 0.225 e. The number of aryl methyl sites for hydroxylation is 2. The summed E-state index contributed by atoms with van der Waals surface area (Å²) < 4.78 is 25.8. The summed E-state index contributed by atoms with van der Waals surface area (Å²) in [6.45, 7) is 8.33. The van der Waals surface area contributed by atoms with Gasteiger partial charge in [0.1, 0.15) is 0 Å². The Morgan fingerprint density at radius 1 is 1.03 bits per heavy atom. The fourth-order valence-electron chi connectivity index (χ4n) is 5.21. The lowest BCUT2D eigenvalue weighted by atomic mass is 9.85. The zero-order valence-electron chi connectivity index (χ0n) is 21.8. The molecule has 1 N–H and O–H groups in total. The minimum absolute atomic E-state index is 0.0473. The summed E-state index contributed by atoms with van der Waals surface area (Å²) in [5, 5.41) is 3.34. The molecule has 1 aliphatic heterocycles. The molecule has 0 radical (unpaired) electrons. The predicted octanol–water partition coefficient (Wildman–Crippen LogP) is 4.09. The number of fused-ring (bicyclic) bond motifs is 1. The second-order valence-corrected chi connectivity index (χ2v) is 11.8. The first kappa shape index (κ1) is 25.1. The summed E-state index contributed by atoms with van der Waals surface area (Å²) in [7, 11) is -3.38. The first-order valence-corrected chi connectivity index (χ1v) is 14.4. The lowest BCUT2D eigenvalue weighted by molar-refractivity contribution is 0.360. The van der Waals surface area contributed by atoms with Crippen molar-refractivity contribution in [3.05, 3.63) is 60.1 Å². The Kier molecular flexibility index (Phi) is 6.57. The normalized spacial score (nSPS) is 20.4. The molecule has 2 atom stereocenters. The highest BCUT2D eigenvalue weighted by atomic mass is 32.2. The van der Waals surface area contributed by atoms with E-state index in [0.717, 1.165) is 42.7 Å². The van der Waals surface area contributed by atoms with Crippen LogP contribution >= 0.6 is 0 Å². The van der Waals surface area contributed by atoms with E-state index in [0.29, 0.717) is 28.8 Å². The molecule has 37 heavy (non-hydrogen) atoms. The van der Waals surface area contributed by atoms with E-state index >= 15 is 0 Å². The van der Waals surface area contributed by atoms with Crippen LogP contribution in [-0.2, 0) is 16.3 Å². The summed E-state index contributed by atoms with van der Waals surface area (Å²) in [6.07, 6.45) is 13.5. The smallest absolute Gasteiger partial charge is 0.225 e. The molecule has 2 unspecified atom stereocenters. The second kappa shape index (κ2) is 9.70. The number of piperidine rings is 1. The Balaban J connectivity index is 1.39. The third-order valence-electron chi connectivity index (χ3n) is 7.10. The van der Waals surface area contributed by atoms with E-state index < -0.39 is 9.84 Å². The third-order valence-corrected chi connectivity index (χ3v) is 8.09. The minimum atomic E-state index is -3.38. The van der Waals surface area contributed by atoms with Gasteiger partial charge in [0.2, 0.25) is 5.95 Å². The zero-order valence-corrected chi connectivity index (χ0v) is 22.6. The van der Waals surface area contributed by atoms with Crippen molar-refractivity contribution in [2.24, 2.45) is 0 Å². The molecule has 5 rings (SSSR count). The minimum Gasteiger partial charge on any atom is -0.336 e. The lowest BCUT2D eigenvalue weighted by Gasteiger charge is -2.42. The molecule has 4 aromatic rings. The average molecular weight is 521 g/mol. The molecule has 0 amide bonds. The largest absolute Gasteiger partial charge is 0.336 e. The zero-order chi connectivity index (χ0) is 26.3. The fourth-order valence-corrected chi connectivity index (χ4v) is 5.83. The number of anilines is 3. The lowest BCUT2D eigenvalue weighted by Crippen LogP contribution is -2.47. The van der Waals surface area contributed by atoms with Gasteiger partial charge in [-0.05, 0) is 57.7 Å². The number of nitrogens with zero attached hydrogens (tertiary/aromatic N) is 7. The van der Waals surface area contributed by atoms with Crippen molar-refractivity contribution in [2.45, 2.75) is 70.0 Å². The van der Waals surface area contributed by atoms with E-state index in [1.54, 1.807) is 19.2 Å². The molecule has 4 aromatic heterocycles. The Labute approximate surface area is 217 Å². The standard InChI is InChI=1S/C26H32N8O2S/c1-6-19-13-29-26(30-14-19)34-16(2)11-20(12-17(34)3)22-15-28-25-24(27-9-10-33(22)25)32-21-7-8-23(31-18(21)4)37(5,35)36/h7-10,13-17,20H,6,11-12H2,1-5H3,(H,27,32). The molecule has 5 heterocycles. The van der Waals surface area contributed by atoms with Crippen molar-refractivity contribution in [3.8, 4) is 0 Å². The number of rotatable bonds is 6. The van der Waals surface area contributed by atoms with Crippen molar-refractivity contribution in [1.29, 1.82) is 0 Å². The summed E-state index contributed by atoms with van der Waals surface area (Å²) >= 11 is 0. The third kappa shape index (κ3) is 4.87. The van der Waals surface area contributed by atoms with Gasteiger partial charge < -0.3 is 10.2 Å². The van der Waals surface area contributed by atoms with Crippen molar-refractivity contribution >= 4 is 32.9 Å². The SMILES string of the molecule is CCc1cnc(N2C(C)CC(c3cnc4c(Nc5ccc(S(C)(=O)=O)nc5C)nccn34)CC2C)nc1. The highest BCUT2D eigenvalue weighted by Crippen LogP contribution is 2.37. The first-order valence-electron chi connectivity index (χ1n) is 12.5. The van der Waals surface area contributed by atoms with Gasteiger partial charge in [0.05, 0.1) is 11.4 Å². The molecule has 194 valence electrons. The van der Waals surface area contributed by atoms with E-state index in [2.05, 4.69) is 55.3 Å². The predicted molar refractivity (Wildman–Crippen MR) is 143 cm³/mol. The maximum atomic E-state index is 11.8. The number of sulfone groups is 1. The van der Waals surface area contributed by atoms with E-state index in [1.165, 1.54) is 6.07 Å². The van der Waals surface area contributed by atoms with Crippen molar-refractivity contribution in [3.63, 3.8) is 0 Å². The van der Waals surface area contributed by atoms with E-state index in [1.807, 2.05) is 24.8 Å². The van der Waals surface area contributed by atoms with Crippen molar-refractivity contribution in [2.75, 3.05) is 16.5 Å². The van der Waals surface area contributed by atoms with Crippen LogP contribution in [-0.4, -0.2) is 56.1 Å². The Bertz CT molecular complexity index is 1520. The van der Waals surface area contributed by atoms with Gasteiger partial charge in [0.15, 0.2) is 26.3 Å². The molecule has 1 fully saturated rings. The van der Waals surface area contributed by atoms with Gasteiger partial charge in [0, 0.05) is 60.9 Å². The van der Waals surface area contributed by atoms with Crippen LogP contribution < -0.4 is 10.2 Å². The van der Waals surface area contributed by atoms with Crippen LogP contribution in [0.2, 0.25) is 0 Å². The summed E-state index contributed by atoms with van der Waals surface area (Å²) in [4.78, 5) is 25.0. The molecule has 0 aromatic carbocycles. The molecule has 11 heteroatoms. The number of nitrogens with one attached hydrogen (secondary N) is 1. The monoisotopic (exact) mass is 520 g/mol. The maximum absolute atomic E-state index is 11.8. The number of hydrogen-bond acceptors (Lipinski definition) is 9. The quantitative estimate of drug-likeness (QED) is 0.401. The molecule has 0 aliphatic carbocycles. The highest BCUT2D eigenvalue weighted by Gasteiger charge is 2.34. The molecule has 0 bridgehead atoms. The topological polar surface area (TPSA) is 118 Å². The van der Waals surface area contributed by atoms with Crippen LogP contribution in [0.15, 0.2) is 48.1 Å². The number of hydrogen-bond donors (Lipinski definition) is 1. The van der Waals surface area contributed by atoms with Gasteiger partial charge in [-0.15, -0.1) is 0 Å². The van der Waals surface area contributed by atoms with Crippen LogP contribution in [0, 0.1) is 6.92 Å². The van der Waals surface area contributed by atoms with Gasteiger partial charge >= 0.3 is 0 Å². The van der Waals surface area contributed by atoms with Gasteiger partial charge in [-0.1, -0.05) is 6.92 Å². The van der Waals surface area contributed by atoms with Gasteiger partial charge in [-0.3, -0.25) is 4.40 Å². The molecular weight excluding hydrogens is 488 g/mol. The summed E-state index contributed by atoms with van der Waals surface area (Å²) in [5.74, 6) is 1.70. The fraction of sp³-hybridized carbons (Fsp3) is 0.423. The molecule has 10 nitrogen and oxygen atoms in total. The molecule has 0 spiro atoms. The summed E-state index contributed by atoms with van der Waals surface area (Å²) in [5.41, 5.74) is 4.25. The van der Waals surface area contributed by atoms with Crippen LogP contribution in [0.3, 0.4) is 0 Å². The van der Waals surface area contributed by atoms with Crippen LogP contribution in [0.5, 0.6) is 0 Å². The van der Waals surface area contributed by atoms with Gasteiger partial charge in [-0.2, -0.15) is 0 Å². The number of pyridine rings is 1. The van der Waals surface area contributed by atoms with Crippen LogP contribution in [0.25, 0.3) is 5.65 Å². The van der Waals surface area contributed by atoms with E-state index in [9.17, 15) is 8.42 Å². The van der Waals surface area contributed by atoms with Crippen LogP contribution in [0.4, 0.5) is 17.5 Å². The summed E-state index contributed by atoms with van der Waals surface area (Å²) in [6, 6.07) is 3.75. The van der Waals surface area contributed by atoms with Crippen molar-refractivity contribution < 1.29 is 8.42 Å². The van der Waals surface area contributed by atoms with Gasteiger partial charge in [-0.25, -0.2) is 33.3 Å². The first-order chi connectivity index (χ1) is 17.7. The molecular formula is C26H32N8O2S.